The number of hydrogen-bond donors (Lipinski definition) is 1. The lowest BCUT2D eigenvalue weighted by molar-refractivity contribution is 0.0986. The lowest BCUT2D eigenvalue weighted by Gasteiger charge is -2.41. The largest absolute Gasteiger partial charge is 0.313 e. The monoisotopic (exact) mass is 254 g/mol. The third-order valence-corrected chi connectivity index (χ3v) is 4.64. The van der Waals surface area contributed by atoms with Crippen molar-refractivity contribution in [2.45, 2.75) is 90.8 Å². The molecule has 1 saturated carbocycles. The van der Waals surface area contributed by atoms with Crippen LogP contribution < -0.4 is 5.32 Å². The Hall–Kier alpha value is -0.0800. The fourth-order valence-corrected chi connectivity index (χ4v) is 3.47. The summed E-state index contributed by atoms with van der Waals surface area (Å²) < 4.78 is 0. The van der Waals surface area contributed by atoms with Gasteiger partial charge in [-0.25, -0.2) is 0 Å². The highest BCUT2D eigenvalue weighted by atomic mass is 15.2. The Morgan fingerprint density at radius 1 is 1.06 bits per heavy atom. The molecule has 0 spiro atoms. The van der Waals surface area contributed by atoms with Crippen LogP contribution in [0.4, 0.5) is 0 Å². The molecule has 0 saturated heterocycles. The highest BCUT2D eigenvalue weighted by Crippen LogP contribution is 2.24. The van der Waals surface area contributed by atoms with E-state index < -0.39 is 0 Å². The first-order valence-corrected chi connectivity index (χ1v) is 8.23. The molecule has 108 valence electrons. The van der Waals surface area contributed by atoms with Crippen molar-refractivity contribution in [3.63, 3.8) is 0 Å². The fraction of sp³-hybridized carbons (Fsp3) is 1.00. The van der Waals surface area contributed by atoms with Gasteiger partial charge in [-0.3, -0.25) is 4.90 Å². The van der Waals surface area contributed by atoms with E-state index in [-0.39, 0.29) is 0 Å². The molecule has 1 N–H and O–H groups in total. The minimum Gasteiger partial charge on any atom is -0.313 e. The predicted octanol–water partition coefficient (Wildman–Crippen LogP) is 3.81. The van der Waals surface area contributed by atoms with Gasteiger partial charge in [-0.05, 0) is 39.3 Å². The number of nitrogens with one attached hydrogen (secondary N) is 1. The zero-order valence-electron chi connectivity index (χ0n) is 13.0. The minimum atomic E-state index is 0.712. The lowest BCUT2D eigenvalue weighted by atomic mass is 9.90. The van der Waals surface area contributed by atoms with Crippen molar-refractivity contribution in [3.05, 3.63) is 0 Å². The van der Waals surface area contributed by atoms with Crippen LogP contribution in [-0.2, 0) is 0 Å². The first kappa shape index (κ1) is 16.0. The van der Waals surface area contributed by atoms with Crippen molar-refractivity contribution in [2.75, 3.05) is 13.1 Å². The van der Waals surface area contributed by atoms with Crippen LogP contribution in [0.15, 0.2) is 0 Å². The van der Waals surface area contributed by atoms with Gasteiger partial charge in [0.1, 0.15) is 0 Å². The molecule has 0 heterocycles. The molecule has 1 aliphatic rings. The Morgan fingerprint density at radius 2 is 1.72 bits per heavy atom. The molecule has 0 aromatic heterocycles. The maximum absolute atomic E-state index is 3.75. The van der Waals surface area contributed by atoms with Gasteiger partial charge in [-0.15, -0.1) is 0 Å². The van der Waals surface area contributed by atoms with Crippen molar-refractivity contribution in [2.24, 2.45) is 0 Å². The van der Waals surface area contributed by atoms with E-state index in [1.807, 2.05) is 0 Å². The van der Waals surface area contributed by atoms with E-state index in [0.717, 1.165) is 18.6 Å². The molecule has 1 fully saturated rings. The number of hydrogen-bond acceptors (Lipinski definition) is 2. The summed E-state index contributed by atoms with van der Waals surface area (Å²) in [6, 6.07) is 2.19. The van der Waals surface area contributed by atoms with Crippen LogP contribution in [0.1, 0.15) is 72.6 Å². The second-order valence-corrected chi connectivity index (χ2v) is 5.81. The van der Waals surface area contributed by atoms with E-state index in [2.05, 4.69) is 37.9 Å². The van der Waals surface area contributed by atoms with Crippen LogP contribution in [0.2, 0.25) is 0 Å². The van der Waals surface area contributed by atoms with Crippen molar-refractivity contribution in [1.29, 1.82) is 0 Å². The minimum absolute atomic E-state index is 0.712. The molecule has 18 heavy (non-hydrogen) atoms. The average molecular weight is 254 g/mol. The first-order valence-electron chi connectivity index (χ1n) is 8.23. The summed E-state index contributed by atoms with van der Waals surface area (Å²) in [6.07, 6.45) is 9.72. The topological polar surface area (TPSA) is 15.3 Å². The molecule has 0 aromatic rings. The van der Waals surface area contributed by atoms with Crippen LogP contribution >= 0.6 is 0 Å². The summed E-state index contributed by atoms with van der Waals surface area (Å²) in [6.45, 7) is 11.6. The predicted molar refractivity (Wildman–Crippen MR) is 81.1 cm³/mol. The van der Waals surface area contributed by atoms with E-state index in [1.54, 1.807) is 0 Å². The van der Waals surface area contributed by atoms with E-state index in [9.17, 15) is 0 Å². The molecule has 1 aliphatic carbocycles. The van der Waals surface area contributed by atoms with Gasteiger partial charge in [0.05, 0.1) is 0 Å². The summed E-state index contributed by atoms with van der Waals surface area (Å²) in [5, 5.41) is 3.75. The number of nitrogens with zero attached hydrogens (tertiary/aromatic N) is 1. The lowest BCUT2D eigenvalue weighted by Crippen LogP contribution is -2.53. The second kappa shape index (κ2) is 8.92. The summed E-state index contributed by atoms with van der Waals surface area (Å²) in [5.74, 6) is 0. The van der Waals surface area contributed by atoms with Crippen LogP contribution in [0, 0.1) is 0 Å². The molecule has 2 nitrogen and oxygen atoms in total. The maximum atomic E-state index is 3.75. The van der Waals surface area contributed by atoms with E-state index in [0.29, 0.717) is 6.04 Å². The van der Waals surface area contributed by atoms with E-state index >= 15 is 0 Å². The third-order valence-electron chi connectivity index (χ3n) is 4.64. The zero-order valence-corrected chi connectivity index (χ0v) is 13.0. The van der Waals surface area contributed by atoms with Crippen molar-refractivity contribution in [1.82, 2.24) is 10.2 Å². The van der Waals surface area contributed by atoms with Crippen molar-refractivity contribution >= 4 is 0 Å². The Morgan fingerprint density at radius 3 is 2.28 bits per heavy atom. The smallest absolute Gasteiger partial charge is 0.0252 e. The van der Waals surface area contributed by atoms with Gasteiger partial charge in [0.25, 0.3) is 0 Å². The van der Waals surface area contributed by atoms with Gasteiger partial charge in [0.15, 0.2) is 0 Å². The molecular weight excluding hydrogens is 220 g/mol. The molecule has 0 aromatic carbocycles. The molecular formula is C16H34N2. The summed E-state index contributed by atoms with van der Waals surface area (Å²) in [5.41, 5.74) is 0. The zero-order chi connectivity index (χ0) is 13.4. The average Bonchev–Trinajstić information content (AvgIpc) is 2.36. The Balaban J connectivity index is 2.73. The molecule has 3 unspecified atom stereocenters. The maximum Gasteiger partial charge on any atom is 0.0252 e. The molecule has 0 radical (unpaired) electrons. The van der Waals surface area contributed by atoms with Crippen LogP contribution in [0.25, 0.3) is 0 Å². The molecule has 2 heteroatoms. The van der Waals surface area contributed by atoms with Gasteiger partial charge in [-0.1, -0.05) is 46.5 Å². The van der Waals surface area contributed by atoms with Gasteiger partial charge in [0, 0.05) is 18.1 Å². The molecule has 0 amide bonds. The number of likely N-dealkylation sites (N-methyl/N-ethyl adjacent to an activating group) is 2. The van der Waals surface area contributed by atoms with Gasteiger partial charge >= 0.3 is 0 Å². The first-order chi connectivity index (χ1) is 8.74. The van der Waals surface area contributed by atoms with Gasteiger partial charge in [-0.2, -0.15) is 0 Å². The standard InChI is InChI=1S/C16H34N2/c1-5-14(4)18(7-3)16-13-11-9-8-10-12-15(16)17-6-2/h14-17H,5-13H2,1-4H3. The van der Waals surface area contributed by atoms with E-state index in [4.69, 9.17) is 0 Å². The van der Waals surface area contributed by atoms with Gasteiger partial charge in [0.2, 0.25) is 0 Å². The normalized spacial score (nSPS) is 27.8. The van der Waals surface area contributed by atoms with Crippen LogP contribution in [-0.4, -0.2) is 36.1 Å². The Kier molecular flexibility index (Phi) is 7.92. The SMILES string of the molecule is CCNC1CCCCCCC1N(CC)C(C)CC. The highest BCUT2D eigenvalue weighted by molar-refractivity contribution is 4.87. The molecule has 0 bridgehead atoms. The second-order valence-electron chi connectivity index (χ2n) is 5.81. The molecule has 3 atom stereocenters. The highest BCUT2D eigenvalue weighted by Gasteiger charge is 2.28. The third kappa shape index (κ3) is 4.55. The number of rotatable bonds is 6. The summed E-state index contributed by atoms with van der Waals surface area (Å²) >= 11 is 0. The molecule has 1 rings (SSSR count). The van der Waals surface area contributed by atoms with Crippen LogP contribution in [0.3, 0.4) is 0 Å². The van der Waals surface area contributed by atoms with Gasteiger partial charge < -0.3 is 5.32 Å². The fourth-order valence-electron chi connectivity index (χ4n) is 3.47. The summed E-state index contributed by atoms with van der Waals surface area (Å²) in [4.78, 5) is 2.75. The molecule has 0 aliphatic heterocycles. The Labute approximate surface area is 115 Å². The Bertz CT molecular complexity index is 205. The van der Waals surface area contributed by atoms with Crippen molar-refractivity contribution in [3.8, 4) is 0 Å². The van der Waals surface area contributed by atoms with Crippen LogP contribution in [0.5, 0.6) is 0 Å². The van der Waals surface area contributed by atoms with E-state index in [1.165, 1.54) is 51.5 Å². The quantitative estimate of drug-likeness (QED) is 0.775. The summed E-state index contributed by atoms with van der Waals surface area (Å²) in [7, 11) is 0. The van der Waals surface area contributed by atoms with Crippen molar-refractivity contribution < 1.29 is 0 Å².